The normalized spacial score (nSPS) is 25.5. The van der Waals surface area contributed by atoms with Crippen molar-refractivity contribution in [2.45, 2.75) is 208 Å². The molecule has 1 saturated heterocycles. The minimum atomic E-state index is -1.06. The molecular weight excluding hydrogens is 1050 g/mol. The number of amides is 2. The predicted octanol–water partition coefficient (Wildman–Crippen LogP) is 15.0. The van der Waals surface area contributed by atoms with E-state index in [9.17, 15) is 19.2 Å². The number of likely N-dealkylation sites (tertiary alicyclic amines) is 1. The van der Waals surface area contributed by atoms with Gasteiger partial charge in [0.25, 0.3) is 6.47 Å². The first-order valence-corrected chi connectivity index (χ1v) is 32.7. The molecule has 0 bridgehead atoms. The topological polar surface area (TPSA) is 156 Å². The molecule has 466 valence electrons. The molecule has 5 aliphatic rings. The van der Waals surface area contributed by atoms with Crippen LogP contribution in [0, 0.1) is 52.3 Å². The van der Waals surface area contributed by atoms with Gasteiger partial charge in [-0.2, -0.15) is 0 Å². The van der Waals surface area contributed by atoms with E-state index in [1.807, 2.05) is 85.9 Å². The smallest absolute Gasteiger partial charge is 0.306 e. The number of nitrogens with one attached hydrogen (secondary N) is 1. The lowest BCUT2D eigenvalue weighted by Gasteiger charge is -2.58. The summed E-state index contributed by atoms with van der Waals surface area (Å²) in [6.07, 6.45) is 26.6. The molecule has 0 aromatic heterocycles. The summed E-state index contributed by atoms with van der Waals surface area (Å²) in [5, 5.41) is 3.13. The summed E-state index contributed by atoms with van der Waals surface area (Å²) in [7, 11) is 5.16. The number of nitrogens with zero attached hydrogens (tertiary/aromatic N) is 1. The van der Waals surface area contributed by atoms with Gasteiger partial charge in [-0.1, -0.05) is 172 Å². The van der Waals surface area contributed by atoms with Gasteiger partial charge in [0.15, 0.2) is 0 Å². The highest BCUT2D eigenvalue weighted by molar-refractivity contribution is 5.80. The predicted molar refractivity (Wildman–Crippen MR) is 337 cm³/mol. The van der Waals surface area contributed by atoms with Crippen LogP contribution < -0.4 is 20.5 Å². The van der Waals surface area contributed by atoms with E-state index >= 15 is 0 Å². The fourth-order valence-electron chi connectivity index (χ4n) is 15.5. The number of nitrogens with two attached hydrogens (primary N) is 1. The molecule has 8 rings (SSSR count). The lowest BCUT2D eigenvalue weighted by Crippen LogP contribution is -2.51. The molecule has 10 atom stereocenters. The molecule has 4 aliphatic carbocycles. The monoisotopic (exact) mass is 1160 g/mol. The fraction of sp³-hybridized carbons (Fsp3) is 0.667. The zero-order valence-electron chi connectivity index (χ0n) is 53.4. The first-order valence-electron chi connectivity index (χ1n) is 32.7. The van der Waals surface area contributed by atoms with Gasteiger partial charge in [-0.05, 0) is 159 Å². The maximum atomic E-state index is 13.3. The number of carbonyl (C=O) groups is 4. The third-order valence-corrected chi connectivity index (χ3v) is 20.3. The minimum Gasteiger partial charge on any atom is -0.497 e. The number of hydrogen-bond acceptors (Lipinski definition) is 10. The van der Waals surface area contributed by atoms with Crippen molar-refractivity contribution in [3.63, 3.8) is 0 Å². The SMILES string of the molecule is CC(C)CCCC(C)C1CCC2C3CC=C4CC(OC=O)CCC4(C)C3CCC12C.CCCCCCC.CNCCCCCC(=O)N1CC(COC(c2ccccc2)(c2ccc(OC)cc2)c2ccc(OC)cc2)C(OC(=O)CCC(N)=O)C1. The maximum absolute atomic E-state index is 13.3. The van der Waals surface area contributed by atoms with Gasteiger partial charge in [-0.3, -0.25) is 19.2 Å². The lowest BCUT2D eigenvalue weighted by molar-refractivity contribution is -0.153. The number of carbonyl (C=O) groups excluding carboxylic acids is 4. The number of rotatable bonds is 29. The van der Waals surface area contributed by atoms with Gasteiger partial charge in [0.2, 0.25) is 11.8 Å². The van der Waals surface area contributed by atoms with E-state index in [1.54, 1.807) is 24.7 Å². The average molecular weight is 1160 g/mol. The Labute approximate surface area is 506 Å². The van der Waals surface area contributed by atoms with Gasteiger partial charge in [-0.15, -0.1) is 0 Å². The van der Waals surface area contributed by atoms with Crippen LogP contribution >= 0.6 is 0 Å². The second-order valence-corrected chi connectivity index (χ2v) is 26.2. The van der Waals surface area contributed by atoms with E-state index in [-0.39, 0.29) is 43.9 Å². The summed E-state index contributed by atoms with van der Waals surface area (Å²) in [6.45, 7) is 19.4. The molecule has 10 unspecified atom stereocenters. The van der Waals surface area contributed by atoms with Crippen molar-refractivity contribution in [1.29, 1.82) is 0 Å². The number of esters is 1. The van der Waals surface area contributed by atoms with Crippen molar-refractivity contribution >= 4 is 24.3 Å². The van der Waals surface area contributed by atoms with Crippen LogP contribution in [0.25, 0.3) is 0 Å². The molecule has 0 radical (unpaired) electrons. The molecular formula is C72H109N3O9. The fourth-order valence-corrected chi connectivity index (χ4v) is 15.5. The number of hydrogen-bond donors (Lipinski definition) is 2. The van der Waals surface area contributed by atoms with Gasteiger partial charge in [0.1, 0.15) is 29.3 Å². The third-order valence-electron chi connectivity index (χ3n) is 20.3. The Balaban J connectivity index is 0.000000259. The van der Waals surface area contributed by atoms with E-state index in [4.69, 9.17) is 29.4 Å². The van der Waals surface area contributed by atoms with Crippen LogP contribution in [0.15, 0.2) is 90.5 Å². The van der Waals surface area contributed by atoms with Crippen LogP contribution in [0.1, 0.15) is 206 Å². The molecule has 4 fully saturated rings. The number of allylic oxidation sites excluding steroid dienone is 1. The Morgan fingerprint density at radius 3 is 1.98 bits per heavy atom. The Bertz CT molecular complexity index is 2430. The molecule has 12 nitrogen and oxygen atoms in total. The number of primary amides is 1. The van der Waals surface area contributed by atoms with Gasteiger partial charge in [0.05, 0.1) is 33.8 Å². The largest absolute Gasteiger partial charge is 0.497 e. The van der Waals surface area contributed by atoms with E-state index in [1.165, 1.54) is 89.9 Å². The Hall–Kier alpha value is -5.20. The third kappa shape index (κ3) is 17.7. The lowest BCUT2D eigenvalue weighted by atomic mass is 9.47. The average Bonchev–Trinajstić information content (AvgIpc) is 1.49. The molecule has 3 aromatic carbocycles. The van der Waals surface area contributed by atoms with E-state index in [0.717, 1.165) is 90.8 Å². The zero-order chi connectivity index (χ0) is 60.7. The molecule has 3 N–H and O–H groups in total. The van der Waals surface area contributed by atoms with Crippen LogP contribution in [0.2, 0.25) is 0 Å². The summed E-state index contributed by atoms with van der Waals surface area (Å²) in [5.74, 6) is 5.35. The highest BCUT2D eigenvalue weighted by Gasteiger charge is 2.59. The van der Waals surface area contributed by atoms with Gasteiger partial charge in [-0.25, -0.2) is 0 Å². The van der Waals surface area contributed by atoms with Crippen molar-refractivity contribution < 1.29 is 42.9 Å². The number of ether oxygens (including phenoxy) is 5. The number of benzene rings is 3. The van der Waals surface area contributed by atoms with Gasteiger partial charge in [0, 0.05) is 31.7 Å². The van der Waals surface area contributed by atoms with Crippen molar-refractivity contribution in [1.82, 2.24) is 10.2 Å². The second-order valence-electron chi connectivity index (χ2n) is 26.2. The Morgan fingerprint density at radius 2 is 1.38 bits per heavy atom. The highest BCUT2D eigenvalue weighted by atomic mass is 16.6. The summed E-state index contributed by atoms with van der Waals surface area (Å²) in [6, 6.07) is 25.5. The van der Waals surface area contributed by atoms with Crippen LogP contribution in [-0.4, -0.2) is 88.9 Å². The molecule has 2 amide bonds. The molecule has 1 heterocycles. The van der Waals surface area contributed by atoms with Crippen LogP contribution in [0.5, 0.6) is 11.5 Å². The van der Waals surface area contributed by atoms with Crippen molar-refractivity contribution in [2.75, 3.05) is 47.5 Å². The minimum absolute atomic E-state index is 0.0229. The summed E-state index contributed by atoms with van der Waals surface area (Å²) in [4.78, 5) is 50.0. The zero-order valence-corrected chi connectivity index (χ0v) is 53.4. The second kappa shape index (κ2) is 33.6. The quantitative estimate of drug-likeness (QED) is 0.0226. The standard InChI is InChI=1S/C37H47N3O7.C28H46O2.C7H16/c1-39-23-9-5-8-12-35(42)40-24-27(33(25-40)47-36(43)22-21-34(38)41)26-46-37(28-10-6-4-7-11-28,29-13-17-31(44-2)18-14-29)30-15-19-32(45-3)20-16-30;1-19(2)7-6-8-20(3)24-11-12-25-23-10-9-21-17-22(30-18-29)13-15-27(21,4)26(23)14-16-28(24,25)5;1-3-5-7-6-4-2/h4,6-7,10-11,13-20,27,33,39H,5,8-9,12,21-26H2,1-3H3,(H2,38,41);9,18-20,22-26H,6-8,10-17H2,1-5H3;3-7H2,1-2H3. The van der Waals surface area contributed by atoms with Crippen molar-refractivity contribution in [2.24, 2.45) is 58.0 Å². The first kappa shape index (κ1) is 67.9. The van der Waals surface area contributed by atoms with Gasteiger partial charge < -0.3 is 39.6 Å². The molecule has 0 spiro atoms. The molecule has 1 aliphatic heterocycles. The summed E-state index contributed by atoms with van der Waals surface area (Å²) >= 11 is 0. The van der Waals surface area contributed by atoms with Crippen molar-refractivity contribution in [3.05, 3.63) is 107 Å². The molecule has 3 aromatic rings. The Morgan fingerprint density at radius 1 is 0.738 bits per heavy atom. The van der Waals surface area contributed by atoms with E-state index in [0.29, 0.717) is 41.8 Å². The molecule has 3 saturated carbocycles. The van der Waals surface area contributed by atoms with Crippen LogP contribution in [-0.2, 0) is 39.0 Å². The summed E-state index contributed by atoms with van der Waals surface area (Å²) < 4.78 is 29.3. The van der Waals surface area contributed by atoms with Crippen molar-refractivity contribution in [3.8, 4) is 11.5 Å². The first-order chi connectivity index (χ1) is 40.5. The van der Waals surface area contributed by atoms with E-state index in [2.05, 4.69) is 59.9 Å². The van der Waals surface area contributed by atoms with E-state index < -0.39 is 23.6 Å². The number of unbranched alkanes of at least 4 members (excludes halogenated alkanes) is 6. The van der Waals surface area contributed by atoms with Crippen LogP contribution in [0.3, 0.4) is 0 Å². The van der Waals surface area contributed by atoms with Crippen LogP contribution in [0.4, 0.5) is 0 Å². The number of methoxy groups -OCH3 is 2. The molecule has 84 heavy (non-hydrogen) atoms. The number of fused-ring (bicyclic) bond motifs is 5. The maximum Gasteiger partial charge on any atom is 0.306 e. The molecule has 12 heteroatoms. The highest BCUT2D eigenvalue weighted by Crippen LogP contribution is 2.67. The summed E-state index contributed by atoms with van der Waals surface area (Å²) in [5.41, 5.74) is 9.39. The van der Waals surface area contributed by atoms with Gasteiger partial charge >= 0.3 is 5.97 Å². The Kier molecular flexibility index (Phi) is 27.2.